The van der Waals surface area contributed by atoms with Crippen LogP contribution in [0.3, 0.4) is 0 Å². The van der Waals surface area contributed by atoms with E-state index in [1.54, 1.807) is 0 Å². The Kier molecular flexibility index (Phi) is 5.65. The van der Waals surface area contributed by atoms with Crippen molar-refractivity contribution in [2.24, 2.45) is 5.92 Å². The first-order valence-corrected chi connectivity index (χ1v) is 5.83. The van der Waals surface area contributed by atoms with Gasteiger partial charge in [-0.25, -0.2) is 0 Å². The van der Waals surface area contributed by atoms with Gasteiger partial charge in [0.25, 0.3) is 0 Å². The first-order valence-electron chi connectivity index (χ1n) is 5.83. The molecule has 0 aromatic rings. The van der Waals surface area contributed by atoms with Crippen molar-refractivity contribution in [1.29, 1.82) is 0 Å². The van der Waals surface area contributed by atoms with Crippen LogP contribution in [-0.2, 0) is 9.53 Å². The molecule has 88 valence electrons. The summed E-state index contributed by atoms with van der Waals surface area (Å²) in [7, 11) is 0. The highest BCUT2D eigenvalue weighted by Crippen LogP contribution is 2.14. The molecule has 1 fully saturated rings. The molecule has 1 N–H and O–H groups in total. The Balaban J connectivity index is 2.07. The molecule has 0 aliphatic carbocycles. The van der Waals surface area contributed by atoms with Crippen molar-refractivity contribution in [3.63, 3.8) is 0 Å². The number of likely N-dealkylation sites (tertiary alicyclic amines) is 1. The lowest BCUT2D eigenvalue weighted by Gasteiger charge is -2.13. The van der Waals surface area contributed by atoms with Gasteiger partial charge in [-0.15, -0.1) is 0 Å². The third-order valence-corrected chi connectivity index (χ3v) is 2.84. The molecule has 15 heavy (non-hydrogen) atoms. The van der Waals surface area contributed by atoms with E-state index in [-0.39, 0.29) is 12.5 Å². The van der Waals surface area contributed by atoms with E-state index in [4.69, 9.17) is 4.74 Å². The number of ether oxygens (including phenoxy) is 1. The number of nitrogens with one attached hydrogen (secondary N) is 1. The molecule has 1 saturated heterocycles. The summed E-state index contributed by atoms with van der Waals surface area (Å²) in [6, 6.07) is 0. The molecule has 1 unspecified atom stereocenters. The molecule has 0 aromatic carbocycles. The molecular weight excluding hydrogens is 192 g/mol. The zero-order valence-corrected chi connectivity index (χ0v) is 9.79. The normalized spacial score (nSPS) is 21.9. The lowest BCUT2D eigenvalue weighted by atomic mass is 10.1. The smallest absolute Gasteiger partial charge is 0.246 e. The third kappa shape index (κ3) is 4.62. The molecule has 1 rings (SSSR count). The van der Waals surface area contributed by atoms with E-state index in [2.05, 4.69) is 17.1 Å². The van der Waals surface area contributed by atoms with Gasteiger partial charge in [-0.3, -0.25) is 4.79 Å². The zero-order valence-electron chi connectivity index (χ0n) is 9.79. The standard InChI is InChI=1S/C11H22N2O2/c1-3-13-6-5-10(8-13)7-12-11(14)9-15-4-2/h10H,3-9H2,1-2H3,(H,12,14). The topological polar surface area (TPSA) is 41.6 Å². The second-order valence-electron chi connectivity index (χ2n) is 3.99. The van der Waals surface area contributed by atoms with Gasteiger partial charge in [0.15, 0.2) is 0 Å². The number of nitrogens with zero attached hydrogens (tertiary/aromatic N) is 1. The summed E-state index contributed by atoms with van der Waals surface area (Å²) in [6.07, 6.45) is 1.20. The van der Waals surface area contributed by atoms with Gasteiger partial charge in [-0.05, 0) is 32.4 Å². The predicted octanol–water partition coefficient (Wildman–Crippen LogP) is 0.481. The van der Waals surface area contributed by atoms with Crippen LogP contribution in [0, 0.1) is 5.92 Å². The second kappa shape index (κ2) is 6.80. The number of carbonyl (C=O) groups is 1. The summed E-state index contributed by atoms with van der Waals surface area (Å²) in [4.78, 5) is 13.7. The highest BCUT2D eigenvalue weighted by Gasteiger charge is 2.21. The van der Waals surface area contributed by atoms with Gasteiger partial charge in [0.05, 0.1) is 0 Å². The lowest BCUT2D eigenvalue weighted by molar-refractivity contribution is -0.125. The highest BCUT2D eigenvalue weighted by molar-refractivity contribution is 5.77. The number of carbonyl (C=O) groups excluding carboxylic acids is 1. The Labute approximate surface area is 92.0 Å². The molecule has 1 atom stereocenters. The van der Waals surface area contributed by atoms with Gasteiger partial charge in [0, 0.05) is 19.7 Å². The number of hydrogen-bond acceptors (Lipinski definition) is 3. The summed E-state index contributed by atoms with van der Waals surface area (Å²) in [5.41, 5.74) is 0. The highest BCUT2D eigenvalue weighted by atomic mass is 16.5. The summed E-state index contributed by atoms with van der Waals surface area (Å²) in [5, 5.41) is 2.91. The average Bonchev–Trinajstić information content (AvgIpc) is 2.71. The van der Waals surface area contributed by atoms with Crippen LogP contribution in [0.1, 0.15) is 20.3 Å². The Morgan fingerprint density at radius 1 is 1.53 bits per heavy atom. The Morgan fingerprint density at radius 2 is 2.33 bits per heavy atom. The molecule has 0 saturated carbocycles. The third-order valence-electron chi connectivity index (χ3n) is 2.84. The van der Waals surface area contributed by atoms with Gasteiger partial charge in [0.1, 0.15) is 6.61 Å². The minimum atomic E-state index is 0.00629. The number of rotatable bonds is 6. The average molecular weight is 214 g/mol. The predicted molar refractivity (Wildman–Crippen MR) is 59.7 cm³/mol. The molecule has 1 aliphatic rings. The van der Waals surface area contributed by atoms with E-state index < -0.39 is 0 Å². The molecule has 1 amide bonds. The maximum Gasteiger partial charge on any atom is 0.246 e. The first-order chi connectivity index (χ1) is 7.26. The fourth-order valence-corrected chi connectivity index (χ4v) is 1.87. The van der Waals surface area contributed by atoms with Crippen LogP contribution in [0.4, 0.5) is 0 Å². The van der Waals surface area contributed by atoms with E-state index in [0.717, 1.165) is 19.6 Å². The minimum absolute atomic E-state index is 0.00629. The molecule has 4 nitrogen and oxygen atoms in total. The molecule has 1 aliphatic heterocycles. The second-order valence-corrected chi connectivity index (χ2v) is 3.99. The Hall–Kier alpha value is -0.610. The number of hydrogen-bond donors (Lipinski definition) is 1. The SMILES string of the molecule is CCOCC(=O)NCC1CCN(CC)C1. The van der Waals surface area contributed by atoms with Crippen LogP contribution in [0.5, 0.6) is 0 Å². The van der Waals surface area contributed by atoms with Crippen molar-refractivity contribution in [1.82, 2.24) is 10.2 Å². The van der Waals surface area contributed by atoms with Crippen LogP contribution < -0.4 is 5.32 Å². The molecular formula is C11H22N2O2. The fraction of sp³-hybridized carbons (Fsp3) is 0.909. The summed E-state index contributed by atoms with van der Waals surface area (Å²) >= 11 is 0. The van der Waals surface area contributed by atoms with Crippen LogP contribution >= 0.6 is 0 Å². The minimum Gasteiger partial charge on any atom is -0.372 e. The Bertz CT molecular complexity index is 197. The first kappa shape index (κ1) is 12.5. The molecule has 1 heterocycles. The van der Waals surface area contributed by atoms with Crippen LogP contribution in [0.25, 0.3) is 0 Å². The number of amides is 1. The molecule has 0 spiro atoms. The van der Waals surface area contributed by atoms with Crippen molar-refractivity contribution >= 4 is 5.91 Å². The van der Waals surface area contributed by atoms with Crippen LogP contribution in [0.2, 0.25) is 0 Å². The van der Waals surface area contributed by atoms with E-state index in [1.807, 2.05) is 6.92 Å². The fourth-order valence-electron chi connectivity index (χ4n) is 1.87. The monoisotopic (exact) mass is 214 g/mol. The summed E-state index contributed by atoms with van der Waals surface area (Å²) in [5.74, 6) is 0.627. The molecule has 0 aromatic heterocycles. The Morgan fingerprint density at radius 3 is 2.93 bits per heavy atom. The van der Waals surface area contributed by atoms with Crippen LogP contribution in [0.15, 0.2) is 0 Å². The molecule has 0 radical (unpaired) electrons. The van der Waals surface area contributed by atoms with E-state index in [9.17, 15) is 4.79 Å². The van der Waals surface area contributed by atoms with Crippen molar-refractivity contribution in [2.75, 3.05) is 39.4 Å². The van der Waals surface area contributed by atoms with Gasteiger partial charge in [-0.1, -0.05) is 6.92 Å². The van der Waals surface area contributed by atoms with Gasteiger partial charge < -0.3 is 15.0 Å². The lowest BCUT2D eigenvalue weighted by Crippen LogP contribution is -2.33. The van der Waals surface area contributed by atoms with Gasteiger partial charge in [0.2, 0.25) is 5.91 Å². The van der Waals surface area contributed by atoms with Crippen molar-refractivity contribution in [3.8, 4) is 0 Å². The van der Waals surface area contributed by atoms with Gasteiger partial charge in [-0.2, -0.15) is 0 Å². The van der Waals surface area contributed by atoms with E-state index in [0.29, 0.717) is 12.5 Å². The summed E-state index contributed by atoms with van der Waals surface area (Å²) in [6.45, 7) is 9.06. The van der Waals surface area contributed by atoms with Crippen LogP contribution in [-0.4, -0.2) is 50.2 Å². The van der Waals surface area contributed by atoms with Crippen molar-refractivity contribution < 1.29 is 9.53 Å². The molecule has 4 heteroatoms. The van der Waals surface area contributed by atoms with Crippen molar-refractivity contribution in [2.45, 2.75) is 20.3 Å². The van der Waals surface area contributed by atoms with E-state index in [1.165, 1.54) is 13.0 Å². The maximum absolute atomic E-state index is 11.3. The maximum atomic E-state index is 11.3. The van der Waals surface area contributed by atoms with Crippen molar-refractivity contribution in [3.05, 3.63) is 0 Å². The zero-order chi connectivity index (χ0) is 11.1. The largest absolute Gasteiger partial charge is 0.372 e. The van der Waals surface area contributed by atoms with E-state index >= 15 is 0 Å². The summed E-state index contributed by atoms with van der Waals surface area (Å²) < 4.78 is 5.03. The molecule has 0 bridgehead atoms. The quantitative estimate of drug-likeness (QED) is 0.699. The van der Waals surface area contributed by atoms with Gasteiger partial charge >= 0.3 is 0 Å².